The quantitative estimate of drug-likeness (QED) is 0.931. The van der Waals surface area contributed by atoms with Crippen LogP contribution in [0.2, 0.25) is 5.02 Å². The molecular weight excluding hydrogens is 265 g/mol. The maximum Gasteiger partial charge on any atom is 0.150 e. The van der Waals surface area contributed by atoms with E-state index in [0.717, 1.165) is 17.8 Å². The van der Waals surface area contributed by atoms with Crippen LogP contribution in [0.4, 0.5) is 4.39 Å². The predicted octanol–water partition coefficient (Wildman–Crippen LogP) is 3.23. The van der Waals surface area contributed by atoms with E-state index in [1.807, 2.05) is 6.92 Å². The lowest BCUT2D eigenvalue weighted by Gasteiger charge is -2.09. The van der Waals surface area contributed by atoms with E-state index in [4.69, 9.17) is 11.6 Å². The van der Waals surface area contributed by atoms with Crippen LogP contribution < -0.4 is 5.32 Å². The Hall–Kier alpha value is -1.39. The molecule has 0 saturated heterocycles. The van der Waals surface area contributed by atoms with Crippen LogP contribution in [0.5, 0.6) is 0 Å². The standard InChI is InChI=1S/C14H15ClFN3/c1-9-10(7-17-11-5-6-11)8-18-19(9)14-12(15)3-2-4-13(14)16/h2-4,8,11,17H,5-7H2,1H3. The Bertz CT molecular complexity index is 584. The van der Waals surface area contributed by atoms with Crippen molar-refractivity contribution in [1.82, 2.24) is 15.1 Å². The molecule has 19 heavy (non-hydrogen) atoms. The molecule has 0 bridgehead atoms. The van der Waals surface area contributed by atoms with Gasteiger partial charge in [0.25, 0.3) is 0 Å². The summed E-state index contributed by atoms with van der Waals surface area (Å²) in [6, 6.07) is 5.29. The number of hydrogen-bond acceptors (Lipinski definition) is 2. The molecule has 0 aliphatic heterocycles. The topological polar surface area (TPSA) is 29.9 Å². The van der Waals surface area contributed by atoms with Gasteiger partial charge in [0.05, 0.1) is 11.2 Å². The average Bonchev–Trinajstić information content (AvgIpc) is 3.13. The van der Waals surface area contributed by atoms with Gasteiger partial charge in [-0.15, -0.1) is 0 Å². The Balaban J connectivity index is 1.92. The first-order valence-electron chi connectivity index (χ1n) is 6.38. The maximum absolute atomic E-state index is 13.9. The number of halogens is 2. The zero-order chi connectivity index (χ0) is 13.4. The highest BCUT2D eigenvalue weighted by atomic mass is 35.5. The van der Waals surface area contributed by atoms with Crippen molar-refractivity contribution in [2.24, 2.45) is 0 Å². The molecule has 3 nitrogen and oxygen atoms in total. The van der Waals surface area contributed by atoms with E-state index in [1.165, 1.54) is 18.9 Å². The molecule has 1 saturated carbocycles. The summed E-state index contributed by atoms with van der Waals surface area (Å²) >= 11 is 6.07. The third-order valence-corrected chi connectivity index (χ3v) is 3.72. The summed E-state index contributed by atoms with van der Waals surface area (Å²) in [7, 11) is 0. The summed E-state index contributed by atoms with van der Waals surface area (Å²) in [4.78, 5) is 0. The van der Waals surface area contributed by atoms with Crippen LogP contribution in [0.25, 0.3) is 5.69 Å². The van der Waals surface area contributed by atoms with Gasteiger partial charge in [-0.05, 0) is 31.9 Å². The van der Waals surface area contributed by atoms with E-state index < -0.39 is 0 Å². The molecule has 1 aliphatic carbocycles. The Morgan fingerprint density at radius 3 is 2.95 bits per heavy atom. The molecule has 1 aromatic carbocycles. The summed E-state index contributed by atoms with van der Waals surface area (Å²) in [5.74, 6) is -0.361. The normalized spacial score (nSPS) is 14.9. The number of nitrogens with one attached hydrogen (secondary N) is 1. The average molecular weight is 280 g/mol. The van der Waals surface area contributed by atoms with Gasteiger partial charge in [0, 0.05) is 23.8 Å². The van der Waals surface area contributed by atoms with Gasteiger partial charge in [0.15, 0.2) is 0 Å². The number of para-hydroxylation sites is 1. The lowest BCUT2D eigenvalue weighted by atomic mass is 10.2. The highest BCUT2D eigenvalue weighted by molar-refractivity contribution is 6.32. The second-order valence-electron chi connectivity index (χ2n) is 4.89. The second-order valence-corrected chi connectivity index (χ2v) is 5.30. The summed E-state index contributed by atoms with van der Waals surface area (Å²) in [5.41, 5.74) is 2.31. The highest BCUT2D eigenvalue weighted by Gasteiger charge is 2.21. The second kappa shape index (κ2) is 4.94. The minimum absolute atomic E-state index is 0.319. The van der Waals surface area contributed by atoms with Crippen LogP contribution in [0.15, 0.2) is 24.4 Å². The molecule has 0 spiro atoms. The van der Waals surface area contributed by atoms with Gasteiger partial charge in [-0.3, -0.25) is 0 Å². The van der Waals surface area contributed by atoms with E-state index in [-0.39, 0.29) is 5.82 Å². The van der Waals surface area contributed by atoms with Crippen LogP contribution >= 0.6 is 11.6 Å². The maximum atomic E-state index is 13.9. The molecule has 100 valence electrons. The first kappa shape index (κ1) is 12.6. The Labute approximate surface area is 116 Å². The van der Waals surface area contributed by atoms with Crippen molar-refractivity contribution in [1.29, 1.82) is 0 Å². The fraction of sp³-hybridized carbons (Fsp3) is 0.357. The summed E-state index contributed by atoms with van der Waals surface area (Å²) in [6.07, 6.45) is 4.26. The molecule has 1 fully saturated rings. The number of nitrogens with zero attached hydrogens (tertiary/aromatic N) is 2. The van der Waals surface area contributed by atoms with Crippen molar-refractivity contribution >= 4 is 11.6 Å². The Morgan fingerprint density at radius 1 is 1.47 bits per heavy atom. The largest absolute Gasteiger partial charge is 0.310 e. The summed E-state index contributed by atoms with van der Waals surface area (Å²) < 4.78 is 15.5. The third kappa shape index (κ3) is 2.51. The lowest BCUT2D eigenvalue weighted by Crippen LogP contribution is -2.15. The molecule has 1 aliphatic rings. The van der Waals surface area contributed by atoms with Gasteiger partial charge < -0.3 is 5.32 Å². The first-order valence-corrected chi connectivity index (χ1v) is 6.76. The van der Waals surface area contributed by atoms with Crippen LogP contribution in [-0.2, 0) is 6.54 Å². The van der Waals surface area contributed by atoms with Crippen molar-refractivity contribution in [3.05, 3.63) is 46.5 Å². The SMILES string of the molecule is Cc1c(CNC2CC2)cnn1-c1c(F)cccc1Cl. The van der Waals surface area contributed by atoms with Gasteiger partial charge in [-0.2, -0.15) is 5.10 Å². The number of rotatable bonds is 4. The molecule has 5 heteroatoms. The molecule has 0 atom stereocenters. The Kier molecular flexibility index (Phi) is 3.29. The summed E-state index contributed by atoms with van der Waals surface area (Å²) in [5, 5.41) is 8.05. The van der Waals surface area contributed by atoms with E-state index in [9.17, 15) is 4.39 Å². The van der Waals surface area contributed by atoms with Gasteiger partial charge in [-0.1, -0.05) is 17.7 Å². The molecule has 3 rings (SSSR count). The first-order chi connectivity index (χ1) is 9.16. The molecule has 0 amide bonds. The minimum Gasteiger partial charge on any atom is -0.310 e. The van der Waals surface area contributed by atoms with E-state index >= 15 is 0 Å². The minimum atomic E-state index is -0.361. The fourth-order valence-electron chi connectivity index (χ4n) is 2.08. The monoisotopic (exact) mass is 279 g/mol. The van der Waals surface area contributed by atoms with Crippen LogP contribution in [0.1, 0.15) is 24.1 Å². The number of benzene rings is 1. The van der Waals surface area contributed by atoms with Crippen molar-refractivity contribution in [3.8, 4) is 5.69 Å². The van der Waals surface area contributed by atoms with E-state index in [2.05, 4.69) is 10.4 Å². The number of aromatic nitrogens is 2. The number of hydrogen-bond donors (Lipinski definition) is 1. The molecule has 0 radical (unpaired) electrons. The predicted molar refractivity (Wildman–Crippen MR) is 73.1 cm³/mol. The van der Waals surface area contributed by atoms with Gasteiger partial charge in [0.2, 0.25) is 0 Å². The zero-order valence-electron chi connectivity index (χ0n) is 10.7. The zero-order valence-corrected chi connectivity index (χ0v) is 11.4. The molecule has 0 unspecified atom stereocenters. The Morgan fingerprint density at radius 2 is 2.26 bits per heavy atom. The molecule has 1 N–H and O–H groups in total. The fourth-order valence-corrected chi connectivity index (χ4v) is 2.32. The lowest BCUT2D eigenvalue weighted by molar-refractivity contribution is 0.608. The van der Waals surface area contributed by atoms with E-state index in [1.54, 1.807) is 23.0 Å². The van der Waals surface area contributed by atoms with Gasteiger partial charge in [0.1, 0.15) is 11.5 Å². The molecule has 1 heterocycles. The van der Waals surface area contributed by atoms with E-state index in [0.29, 0.717) is 16.8 Å². The van der Waals surface area contributed by atoms with Crippen molar-refractivity contribution in [2.75, 3.05) is 0 Å². The highest BCUT2D eigenvalue weighted by Crippen LogP contribution is 2.25. The molecular formula is C14H15ClFN3. The molecule has 2 aromatic rings. The summed E-state index contributed by atoms with van der Waals surface area (Å²) in [6.45, 7) is 2.70. The smallest absolute Gasteiger partial charge is 0.150 e. The van der Waals surface area contributed by atoms with Crippen molar-refractivity contribution in [3.63, 3.8) is 0 Å². The van der Waals surface area contributed by atoms with Gasteiger partial charge in [-0.25, -0.2) is 9.07 Å². The molecule has 1 aromatic heterocycles. The third-order valence-electron chi connectivity index (χ3n) is 3.42. The van der Waals surface area contributed by atoms with Crippen molar-refractivity contribution in [2.45, 2.75) is 32.4 Å². The van der Waals surface area contributed by atoms with Crippen LogP contribution in [0.3, 0.4) is 0 Å². The van der Waals surface area contributed by atoms with Crippen LogP contribution in [0, 0.1) is 12.7 Å². The van der Waals surface area contributed by atoms with Crippen molar-refractivity contribution < 1.29 is 4.39 Å². The van der Waals surface area contributed by atoms with Gasteiger partial charge >= 0.3 is 0 Å². The van der Waals surface area contributed by atoms with Crippen LogP contribution in [-0.4, -0.2) is 15.8 Å².